The molecule has 0 radical (unpaired) electrons. The summed E-state index contributed by atoms with van der Waals surface area (Å²) in [5, 5.41) is 4.77. The molecular formula is C20H31N7. The molecule has 4 rings (SSSR count). The monoisotopic (exact) mass is 369 g/mol. The minimum atomic E-state index is 0.786. The number of rotatable bonds is 4. The van der Waals surface area contributed by atoms with E-state index >= 15 is 0 Å². The quantitative estimate of drug-likeness (QED) is 0.819. The maximum Gasteiger partial charge on any atom is 0.226 e. The topological polar surface area (TPSA) is 53.3 Å². The van der Waals surface area contributed by atoms with Crippen LogP contribution in [0.2, 0.25) is 0 Å². The van der Waals surface area contributed by atoms with Crippen molar-refractivity contribution in [3.8, 4) is 0 Å². The van der Waals surface area contributed by atoms with Gasteiger partial charge in [-0.2, -0.15) is 10.1 Å². The Morgan fingerprint density at radius 3 is 2.52 bits per heavy atom. The van der Waals surface area contributed by atoms with E-state index in [1.807, 2.05) is 25.9 Å². The van der Waals surface area contributed by atoms with Crippen molar-refractivity contribution in [1.82, 2.24) is 24.6 Å². The summed E-state index contributed by atoms with van der Waals surface area (Å²) < 4.78 is 2.12. The first kappa shape index (κ1) is 18.2. The Kier molecular flexibility index (Phi) is 5.04. The Balaban J connectivity index is 1.42. The first-order valence-corrected chi connectivity index (χ1v) is 10.0. The molecule has 0 N–H and O–H groups in total. The van der Waals surface area contributed by atoms with Crippen molar-refractivity contribution in [2.24, 2.45) is 7.05 Å². The maximum absolute atomic E-state index is 4.77. The smallest absolute Gasteiger partial charge is 0.226 e. The Bertz CT molecular complexity index is 803. The second kappa shape index (κ2) is 7.46. The largest absolute Gasteiger partial charge is 0.354 e. The van der Waals surface area contributed by atoms with Crippen LogP contribution in [0, 0.1) is 6.92 Å². The lowest BCUT2D eigenvalue weighted by Gasteiger charge is -2.35. The van der Waals surface area contributed by atoms with E-state index in [9.17, 15) is 0 Å². The lowest BCUT2D eigenvalue weighted by molar-refractivity contribution is 0.242. The Hall–Kier alpha value is -2.15. The van der Waals surface area contributed by atoms with Crippen LogP contribution in [0.4, 0.5) is 11.8 Å². The van der Waals surface area contributed by atoms with Crippen molar-refractivity contribution < 1.29 is 0 Å². The second-order valence-corrected chi connectivity index (χ2v) is 8.03. The third-order valence-electron chi connectivity index (χ3n) is 5.75. The number of nitrogens with zero attached hydrogens (tertiary/aromatic N) is 7. The van der Waals surface area contributed by atoms with E-state index in [4.69, 9.17) is 10.1 Å². The predicted molar refractivity (Wildman–Crippen MR) is 108 cm³/mol. The van der Waals surface area contributed by atoms with Gasteiger partial charge in [0.25, 0.3) is 0 Å². The van der Waals surface area contributed by atoms with E-state index in [-0.39, 0.29) is 0 Å². The first-order valence-electron chi connectivity index (χ1n) is 10.0. The summed E-state index contributed by atoms with van der Waals surface area (Å²) in [7, 11) is 6.09. The molecule has 1 aliphatic heterocycles. The third kappa shape index (κ3) is 3.78. The van der Waals surface area contributed by atoms with Crippen LogP contribution in [0.5, 0.6) is 0 Å². The van der Waals surface area contributed by atoms with Crippen LogP contribution in [0.1, 0.15) is 35.5 Å². The number of fused-ring (bicyclic) bond motifs is 1. The van der Waals surface area contributed by atoms with E-state index < -0.39 is 0 Å². The SMILES string of the molecule is Cc1cc(N2CCN(Cc3c4c(nn3C)CCCC4)CC2)nc(N(C)C)n1. The van der Waals surface area contributed by atoms with Gasteiger partial charge in [0.15, 0.2) is 0 Å². The highest BCUT2D eigenvalue weighted by Gasteiger charge is 2.24. The molecule has 2 aromatic rings. The number of anilines is 2. The maximum atomic E-state index is 4.77. The van der Waals surface area contributed by atoms with E-state index in [1.54, 1.807) is 0 Å². The highest BCUT2D eigenvalue weighted by Crippen LogP contribution is 2.25. The summed E-state index contributed by atoms with van der Waals surface area (Å²) in [6.45, 7) is 7.17. The molecule has 0 aromatic carbocycles. The molecule has 1 aliphatic carbocycles. The molecule has 0 atom stereocenters. The van der Waals surface area contributed by atoms with Crippen LogP contribution in [0.3, 0.4) is 0 Å². The van der Waals surface area contributed by atoms with Gasteiger partial charge in [0.2, 0.25) is 5.95 Å². The van der Waals surface area contributed by atoms with Gasteiger partial charge in [-0.1, -0.05) is 0 Å². The van der Waals surface area contributed by atoms with Crippen LogP contribution >= 0.6 is 0 Å². The van der Waals surface area contributed by atoms with Gasteiger partial charge in [0.1, 0.15) is 5.82 Å². The molecule has 7 heteroatoms. The van der Waals surface area contributed by atoms with Gasteiger partial charge in [-0.05, 0) is 38.2 Å². The summed E-state index contributed by atoms with van der Waals surface area (Å²) in [6, 6.07) is 2.10. The van der Waals surface area contributed by atoms with Crippen LogP contribution in [0.15, 0.2) is 6.07 Å². The zero-order valence-electron chi connectivity index (χ0n) is 17.1. The zero-order valence-corrected chi connectivity index (χ0v) is 17.1. The van der Waals surface area contributed by atoms with Crippen LogP contribution < -0.4 is 9.80 Å². The van der Waals surface area contributed by atoms with Crippen molar-refractivity contribution in [2.45, 2.75) is 39.2 Å². The van der Waals surface area contributed by atoms with Gasteiger partial charge in [0, 0.05) is 65.6 Å². The third-order valence-corrected chi connectivity index (χ3v) is 5.75. The minimum Gasteiger partial charge on any atom is -0.354 e. The van der Waals surface area contributed by atoms with Gasteiger partial charge >= 0.3 is 0 Å². The summed E-state index contributed by atoms with van der Waals surface area (Å²) >= 11 is 0. The van der Waals surface area contributed by atoms with E-state index in [1.165, 1.54) is 36.2 Å². The molecule has 1 fully saturated rings. The molecular weight excluding hydrogens is 338 g/mol. The average molecular weight is 370 g/mol. The van der Waals surface area contributed by atoms with Gasteiger partial charge in [-0.25, -0.2) is 4.98 Å². The Morgan fingerprint density at radius 2 is 1.78 bits per heavy atom. The normalized spacial score (nSPS) is 17.9. The standard InChI is InChI=1S/C20H31N7/c1-15-13-19(22-20(21-15)24(2)3)27-11-9-26(10-12-27)14-18-16-7-5-6-8-17(16)23-25(18)4/h13H,5-12,14H2,1-4H3. The van der Waals surface area contributed by atoms with Crippen molar-refractivity contribution in [1.29, 1.82) is 0 Å². The van der Waals surface area contributed by atoms with Gasteiger partial charge < -0.3 is 9.80 Å². The molecule has 2 aromatic heterocycles. The van der Waals surface area contributed by atoms with Gasteiger partial charge in [-0.3, -0.25) is 9.58 Å². The molecule has 0 spiro atoms. The molecule has 0 unspecified atom stereocenters. The summed E-state index contributed by atoms with van der Waals surface area (Å²) in [4.78, 5) is 16.2. The minimum absolute atomic E-state index is 0.786. The fraction of sp³-hybridized carbons (Fsp3) is 0.650. The highest BCUT2D eigenvalue weighted by atomic mass is 15.3. The second-order valence-electron chi connectivity index (χ2n) is 8.03. The summed E-state index contributed by atoms with van der Waals surface area (Å²) in [5.41, 5.74) is 5.30. The molecule has 7 nitrogen and oxygen atoms in total. The molecule has 0 saturated carbocycles. The first-order chi connectivity index (χ1) is 13.0. The fourth-order valence-electron chi connectivity index (χ4n) is 4.19. The van der Waals surface area contributed by atoms with Crippen molar-refractivity contribution in [3.05, 3.63) is 28.7 Å². The van der Waals surface area contributed by atoms with Crippen LogP contribution in [0.25, 0.3) is 0 Å². The lowest BCUT2D eigenvalue weighted by atomic mass is 9.95. The van der Waals surface area contributed by atoms with Crippen LogP contribution in [-0.2, 0) is 26.4 Å². The Morgan fingerprint density at radius 1 is 1.04 bits per heavy atom. The lowest BCUT2D eigenvalue weighted by Crippen LogP contribution is -2.46. The molecule has 0 amide bonds. The summed E-state index contributed by atoms with van der Waals surface area (Å²) in [6.07, 6.45) is 4.94. The van der Waals surface area contributed by atoms with Crippen molar-refractivity contribution in [3.63, 3.8) is 0 Å². The van der Waals surface area contributed by atoms with Gasteiger partial charge in [-0.15, -0.1) is 0 Å². The summed E-state index contributed by atoms with van der Waals surface area (Å²) in [5.74, 6) is 1.83. The molecule has 0 bridgehead atoms. The van der Waals surface area contributed by atoms with E-state index in [0.29, 0.717) is 0 Å². The molecule has 27 heavy (non-hydrogen) atoms. The molecule has 146 valence electrons. The van der Waals surface area contributed by atoms with E-state index in [2.05, 4.69) is 32.6 Å². The van der Waals surface area contributed by atoms with Crippen molar-refractivity contribution >= 4 is 11.8 Å². The van der Waals surface area contributed by atoms with E-state index in [0.717, 1.165) is 56.6 Å². The Labute approximate surface area is 162 Å². The molecule has 2 aliphatic rings. The zero-order chi connectivity index (χ0) is 19.0. The number of aromatic nitrogens is 4. The number of aryl methyl sites for hydroxylation is 3. The molecule has 1 saturated heterocycles. The average Bonchev–Trinajstić information content (AvgIpc) is 2.97. The highest BCUT2D eigenvalue weighted by molar-refractivity contribution is 5.45. The van der Waals surface area contributed by atoms with Gasteiger partial charge in [0.05, 0.1) is 11.4 Å². The number of hydrogen-bond acceptors (Lipinski definition) is 6. The number of piperazine rings is 1. The van der Waals surface area contributed by atoms with Crippen molar-refractivity contribution in [2.75, 3.05) is 50.1 Å². The fourth-order valence-corrected chi connectivity index (χ4v) is 4.19. The predicted octanol–water partition coefficient (Wildman–Crippen LogP) is 1.79. The molecule has 3 heterocycles. The number of hydrogen-bond donors (Lipinski definition) is 0. The van der Waals surface area contributed by atoms with Crippen LogP contribution in [-0.4, -0.2) is 64.9 Å².